The number of allylic oxidation sites excluding steroid dienone is 9. The smallest absolute Gasteiger partial charge is 0.393 e. The third kappa shape index (κ3) is 31.9. The van der Waals surface area contributed by atoms with Crippen LogP contribution in [0.4, 0.5) is 0 Å². The van der Waals surface area contributed by atoms with Crippen molar-refractivity contribution in [3.63, 3.8) is 0 Å². The van der Waals surface area contributed by atoms with Crippen molar-refractivity contribution in [2.45, 2.75) is 255 Å². The second kappa shape index (κ2) is 40.8. The highest BCUT2D eigenvalue weighted by Crippen LogP contribution is 2.47. The Kier molecular flexibility index (Phi) is 38.4. The molecule has 0 aromatic rings. The van der Waals surface area contributed by atoms with E-state index in [1.54, 1.807) is 6.08 Å². The number of hydrogen-bond donors (Lipinski definition) is 9. The predicted octanol–water partition coefficient (Wildman–Crippen LogP) is 9.65. The molecule has 14 heteroatoms. The van der Waals surface area contributed by atoms with E-state index in [1.165, 1.54) is 109 Å². The molecule has 0 spiro atoms. The fraction of sp³-hybridized carbons (Fsp3) is 0.788. The summed E-state index contributed by atoms with van der Waals surface area (Å²) in [6, 6.07) is -1.27. The molecule has 1 amide bonds. The van der Waals surface area contributed by atoms with Crippen LogP contribution in [-0.4, -0.2) is 108 Å². The van der Waals surface area contributed by atoms with Gasteiger partial charge >= 0.3 is 7.82 Å². The number of aliphatic hydroxyl groups excluding tert-OH is 7. The third-order valence-electron chi connectivity index (χ3n) is 12.1. The van der Waals surface area contributed by atoms with Crippen molar-refractivity contribution < 1.29 is 59.0 Å². The van der Waals surface area contributed by atoms with Gasteiger partial charge in [0.2, 0.25) is 5.91 Å². The Morgan fingerprint density at radius 2 is 0.939 bits per heavy atom. The highest BCUT2D eigenvalue weighted by atomic mass is 31.2. The van der Waals surface area contributed by atoms with Gasteiger partial charge in [0.15, 0.2) is 0 Å². The van der Waals surface area contributed by atoms with Crippen molar-refractivity contribution in [2.75, 3.05) is 6.61 Å². The highest BCUT2D eigenvalue weighted by Gasteiger charge is 2.51. The number of carbonyl (C=O) groups excluding carboxylic acids is 1. The number of unbranched alkanes of at least 4 members (excludes halogenated alkanes) is 22. The minimum atomic E-state index is -5.16. The summed E-state index contributed by atoms with van der Waals surface area (Å²) >= 11 is 0. The van der Waals surface area contributed by atoms with E-state index in [9.17, 15) is 50.0 Å². The first kappa shape index (κ1) is 62.0. The lowest BCUT2D eigenvalue weighted by atomic mass is 9.85. The van der Waals surface area contributed by atoms with E-state index < -0.39 is 75.2 Å². The van der Waals surface area contributed by atoms with Crippen LogP contribution in [0.15, 0.2) is 60.8 Å². The van der Waals surface area contributed by atoms with Crippen LogP contribution in [-0.2, 0) is 18.4 Å². The van der Waals surface area contributed by atoms with E-state index in [2.05, 4.69) is 67.8 Å². The lowest BCUT2D eigenvalue weighted by molar-refractivity contribution is -0.220. The average Bonchev–Trinajstić information content (AvgIpc) is 3.29. The summed E-state index contributed by atoms with van der Waals surface area (Å²) in [5, 5.41) is 74.6. The van der Waals surface area contributed by atoms with Crippen LogP contribution in [0, 0.1) is 0 Å². The number of phosphoric acid groups is 1. The van der Waals surface area contributed by atoms with Gasteiger partial charge in [0.25, 0.3) is 0 Å². The van der Waals surface area contributed by atoms with Gasteiger partial charge in [-0.05, 0) is 70.6 Å². The minimum Gasteiger partial charge on any atom is -0.393 e. The lowest BCUT2D eigenvalue weighted by Crippen LogP contribution is -2.64. The number of aliphatic hydroxyl groups is 7. The molecule has 8 unspecified atom stereocenters. The first-order valence-corrected chi connectivity index (χ1v) is 27.3. The van der Waals surface area contributed by atoms with E-state index >= 15 is 0 Å². The van der Waals surface area contributed by atoms with Gasteiger partial charge in [-0.3, -0.25) is 13.8 Å². The van der Waals surface area contributed by atoms with Gasteiger partial charge in [-0.25, -0.2) is 4.57 Å². The molecule has 0 radical (unpaired) electrons. The van der Waals surface area contributed by atoms with Crippen molar-refractivity contribution in [3.8, 4) is 0 Å². The number of carbonyl (C=O) groups is 1. The molecule has 1 aliphatic rings. The fourth-order valence-corrected chi connectivity index (χ4v) is 8.82. The molecule has 0 saturated heterocycles. The second-order valence-corrected chi connectivity index (χ2v) is 19.6. The Morgan fingerprint density at radius 3 is 1.45 bits per heavy atom. The molecule has 0 aromatic heterocycles. The molecule has 8 atom stereocenters. The van der Waals surface area contributed by atoms with E-state index in [0.29, 0.717) is 19.3 Å². The molecular weight excluding hydrogens is 862 g/mol. The van der Waals surface area contributed by atoms with Gasteiger partial charge in [0.05, 0.1) is 31.3 Å². The maximum Gasteiger partial charge on any atom is 0.472 e. The lowest BCUT2D eigenvalue weighted by Gasteiger charge is -2.41. The maximum absolute atomic E-state index is 13.0. The Morgan fingerprint density at radius 1 is 0.545 bits per heavy atom. The normalized spacial score (nSPS) is 22.9. The summed E-state index contributed by atoms with van der Waals surface area (Å²) in [4.78, 5) is 23.5. The van der Waals surface area contributed by atoms with E-state index in [1.807, 2.05) is 0 Å². The first-order valence-electron chi connectivity index (χ1n) is 25.8. The summed E-state index contributed by atoms with van der Waals surface area (Å²) in [6.45, 7) is 3.71. The standard InChI is InChI=1S/C52H94NO12P/c1-3-5-7-9-11-13-15-17-19-21-22-24-26-28-30-32-34-36-38-40-45(55)44(42-64-66(62,63)65-52-50(60)48(58)47(57)49(59)51(52)61)53-46(56)41-43(54)39-37-35-33-31-29-27-25-23-20-18-16-14-12-10-8-6-4-2/h12,14,16,18,22,24,30,32,38,40,43-45,47-52,54-55,57-61H,3-11,13,15,17,19-21,23,25-29,31,33-37,39,41-42H2,1-2H3,(H,53,56)(H,62,63)/b14-12-,18-16-,24-22+,32-30+,40-38+. The zero-order valence-electron chi connectivity index (χ0n) is 40.8. The maximum atomic E-state index is 13.0. The number of rotatable bonds is 42. The second-order valence-electron chi connectivity index (χ2n) is 18.2. The first-order chi connectivity index (χ1) is 31.8. The van der Waals surface area contributed by atoms with Crippen LogP contribution in [0.5, 0.6) is 0 Å². The van der Waals surface area contributed by atoms with Crippen LogP contribution >= 0.6 is 7.82 Å². The van der Waals surface area contributed by atoms with Crippen LogP contribution in [0.2, 0.25) is 0 Å². The molecule has 0 aromatic carbocycles. The van der Waals surface area contributed by atoms with Crippen LogP contribution in [0.1, 0.15) is 200 Å². The molecular formula is C52H94NO12P. The molecule has 66 heavy (non-hydrogen) atoms. The molecule has 0 aliphatic heterocycles. The largest absolute Gasteiger partial charge is 0.472 e. The summed E-state index contributed by atoms with van der Waals surface area (Å²) in [5.74, 6) is -0.612. The summed E-state index contributed by atoms with van der Waals surface area (Å²) < 4.78 is 22.9. The van der Waals surface area contributed by atoms with Gasteiger partial charge in [-0.15, -0.1) is 0 Å². The number of amides is 1. The topological polar surface area (TPSA) is 226 Å². The van der Waals surface area contributed by atoms with E-state index in [4.69, 9.17) is 9.05 Å². The molecule has 1 rings (SSSR count). The van der Waals surface area contributed by atoms with Gasteiger partial charge < -0.3 is 46.0 Å². The SMILES string of the molecule is CCCCC/C=C\C=C/CCCCCCCCCCC(O)CC(=O)NC(COP(=O)(O)OC1C(O)C(O)C(O)C(O)C1O)C(O)/C=C/CC/C=C/CC/C=C/CCCCCCCCCCC. The van der Waals surface area contributed by atoms with Gasteiger partial charge in [0, 0.05) is 0 Å². The Labute approximate surface area is 399 Å². The van der Waals surface area contributed by atoms with Crippen molar-refractivity contribution in [2.24, 2.45) is 0 Å². The minimum absolute atomic E-state index is 0.263. The molecule has 13 nitrogen and oxygen atoms in total. The van der Waals surface area contributed by atoms with Crippen LogP contribution in [0.3, 0.4) is 0 Å². The zero-order chi connectivity index (χ0) is 48.7. The molecule has 384 valence electrons. The zero-order valence-corrected chi connectivity index (χ0v) is 41.7. The Hall–Kier alpha value is -2.00. The summed E-state index contributed by atoms with van der Waals surface area (Å²) in [5.41, 5.74) is 0. The predicted molar refractivity (Wildman–Crippen MR) is 266 cm³/mol. The highest BCUT2D eigenvalue weighted by molar-refractivity contribution is 7.47. The summed E-state index contributed by atoms with van der Waals surface area (Å²) in [7, 11) is -5.16. The summed E-state index contributed by atoms with van der Waals surface area (Å²) in [6.07, 6.45) is 37.3. The molecule has 0 heterocycles. The Bertz CT molecular complexity index is 1360. The van der Waals surface area contributed by atoms with Crippen molar-refractivity contribution in [1.29, 1.82) is 0 Å². The van der Waals surface area contributed by atoms with Crippen LogP contribution < -0.4 is 5.32 Å². The average molecular weight is 956 g/mol. The van der Waals surface area contributed by atoms with Crippen molar-refractivity contribution >= 4 is 13.7 Å². The van der Waals surface area contributed by atoms with Gasteiger partial charge in [-0.2, -0.15) is 0 Å². The number of hydrogen-bond acceptors (Lipinski definition) is 11. The van der Waals surface area contributed by atoms with Crippen LogP contribution in [0.25, 0.3) is 0 Å². The van der Waals surface area contributed by atoms with Gasteiger partial charge in [0.1, 0.15) is 36.6 Å². The van der Waals surface area contributed by atoms with E-state index in [0.717, 1.165) is 57.8 Å². The molecule has 1 fully saturated rings. The number of phosphoric ester groups is 1. The molecule has 9 N–H and O–H groups in total. The van der Waals surface area contributed by atoms with E-state index in [-0.39, 0.29) is 6.42 Å². The number of nitrogens with one attached hydrogen (secondary N) is 1. The quantitative estimate of drug-likeness (QED) is 0.0121. The monoisotopic (exact) mass is 956 g/mol. The molecule has 1 saturated carbocycles. The fourth-order valence-electron chi connectivity index (χ4n) is 7.85. The van der Waals surface area contributed by atoms with Crippen molar-refractivity contribution in [3.05, 3.63) is 60.8 Å². The van der Waals surface area contributed by atoms with Gasteiger partial charge in [-0.1, -0.05) is 184 Å². The Balaban J connectivity index is 2.54. The third-order valence-corrected chi connectivity index (χ3v) is 13.1. The molecule has 1 aliphatic carbocycles. The van der Waals surface area contributed by atoms with Crippen molar-refractivity contribution in [1.82, 2.24) is 5.32 Å². The molecule has 0 bridgehead atoms.